The van der Waals surface area contributed by atoms with Crippen LogP contribution in [-0.4, -0.2) is 26.4 Å². The molecule has 3 aromatic heterocycles. The third-order valence-electron chi connectivity index (χ3n) is 4.63. The van der Waals surface area contributed by atoms with Gasteiger partial charge in [-0.2, -0.15) is 5.10 Å². The highest BCUT2D eigenvalue weighted by Gasteiger charge is 2.15. The summed E-state index contributed by atoms with van der Waals surface area (Å²) in [6, 6.07) is 12.1. The molecule has 1 unspecified atom stereocenters. The third-order valence-corrected chi connectivity index (χ3v) is 5.58. The molecule has 6 nitrogen and oxygen atoms in total. The van der Waals surface area contributed by atoms with E-state index in [1.54, 1.807) is 16.4 Å². The number of aryl methyl sites for hydroxylation is 1. The number of hydrogen-bond acceptors (Lipinski definition) is 5. The maximum absolute atomic E-state index is 12.1. The van der Waals surface area contributed by atoms with E-state index in [0.717, 1.165) is 32.9 Å². The Kier molecular flexibility index (Phi) is 4.63. The van der Waals surface area contributed by atoms with E-state index in [0.29, 0.717) is 0 Å². The Morgan fingerprint density at radius 1 is 1.22 bits per heavy atom. The van der Waals surface area contributed by atoms with Crippen LogP contribution in [0, 0.1) is 6.92 Å². The molecule has 0 radical (unpaired) electrons. The monoisotopic (exact) mass is 380 g/mol. The van der Waals surface area contributed by atoms with Crippen LogP contribution in [0.25, 0.3) is 16.0 Å². The number of rotatable bonds is 5. The van der Waals surface area contributed by atoms with E-state index in [1.807, 2.05) is 43.6 Å². The fraction of sp³-hybridized carbons (Fsp3) is 0.250. The van der Waals surface area contributed by atoms with E-state index in [9.17, 15) is 4.79 Å². The molecule has 0 aliphatic heterocycles. The van der Waals surface area contributed by atoms with E-state index in [1.165, 1.54) is 11.3 Å². The second-order valence-electron chi connectivity index (χ2n) is 6.54. The van der Waals surface area contributed by atoms with Gasteiger partial charge in [-0.3, -0.25) is 9.36 Å². The third kappa shape index (κ3) is 3.31. The van der Waals surface area contributed by atoms with E-state index in [-0.39, 0.29) is 17.5 Å². The first kappa shape index (κ1) is 17.6. The maximum Gasteiger partial charge on any atom is 0.310 e. The number of nitrogens with zero attached hydrogens (tertiary/aromatic N) is 4. The van der Waals surface area contributed by atoms with E-state index < -0.39 is 0 Å². The molecule has 0 N–H and O–H groups in total. The molecule has 0 saturated heterocycles. The number of pyridine rings is 1. The number of benzene rings is 1. The molecule has 7 heteroatoms. The van der Waals surface area contributed by atoms with Gasteiger partial charge in [0.25, 0.3) is 0 Å². The fourth-order valence-electron chi connectivity index (χ4n) is 3.07. The van der Waals surface area contributed by atoms with Crippen LogP contribution in [0.2, 0.25) is 0 Å². The Balaban J connectivity index is 1.65. The van der Waals surface area contributed by atoms with Gasteiger partial charge in [-0.15, -0.1) is 0 Å². The first-order valence-corrected chi connectivity index (χ1v) is 9.49. The van der Waals surface area contributed by atoms with Crippen molar-refractivity contribution in [2.45, 2.75) is 26.5 Å². The normalized spacial score (nSPS) is 12.6. The average Bonchev–Trinajstić information content (AvgIpc) is 3.27. The zero-order valence-corrected chi connectivity index (χ0v) is 16.2. The molecular weight excluding hydrogens is 360 g/mol. The molecule has 4 aromatic rings. The smallest absolute Gasteiger partial charge is 0.310 e. The van der Waals surface area contributed by atoms with Crippen LogP contribution in [0.15, 0.2) is 53.6 Å². The minimum atomic E-state index is -0.00798. The number of ether oxygens (including phenoxy) is 1. The van der Waals surface area contributed by atoms with Gasteiger partial charge in [-0.1, -0.05) is 30.4 Å². The molecule has 3 heterocycles. The molecule has 0 amide bonds. The second kappa shape index (κ2) is 7.09. The van der Waals surface area contributed by atoms with Gasteiger partial charge in [0.05, 0.1) is 15.9 Å². The van der Waals surface area contributed by atoms with Crippen molar-refractivity contribution in [1.82, 2.24) is 19.3 Å². The molecule has 138 valence electrons. The van der Waals surface area contributed by atoms with Crippen molar-refractivity contribution in [2.75, 3.05) is 7.11 Å². The Labute approximate surface area is 160 Å². The zero-order valence-electron chi connectivity index (χ0n) is 15.4. The lowest BCUT2D eigenvalue weighted by molar-refractivity contribution is 0.133. The SMILES string of the molecule is COCn1c(=O)sc2cc(C(C)c3ccn(-c4ccc(C)cn4)n3)ccc21. The summed E-state index contributed by atoms with van der Waals surface area (Å²) >= 11 is 1.24. The molecule has 0 saturated carbocycles. The lowest BCUT2D eigenvalue weighted by Crippen LogP contribution is -2.13. The number of hydrogen-bond donors (Lipinski definition) is 0. The van der Waals surface area contributed by atoms with Gasteiger partial charge in [0, 0.05) is 25.4 Å². The highest BCUT2D eigenvalue weighted by molar-refractivity contribution is 7.16. The molecular formula is C20H20N4O2S. The Morgan fingerprint density at radius 3 is 2.81 bits per heavy atom. The van der Waals surface area contributed by atoms with E-state index in [4.69, 9.17) is 4.74 Å². The minimum absolute atomic E-state index is 0.00798. The second-order valence-corrected chi connectivity index (χ2v) is 7.53. The van der Waals surface area contributed by atoms with Crippen LogP contribution < -0.4 is 4.87 Å². The minimum Gasteiger partial charge on any atom is -0.364 e. The van der Waals surface area contributed by atoms with Crippen molar-refractivity contribution in [3.63, 3.8) is 0 Å². The van der Waals surface area contributed by atoms with Gasteiger partial charge < -0.3 is 4.74 Å². The average molecular weight is 380 g/mol. The summed E-state index contributed by atoms with van der Waals surface area (Å²) in [6.45, 7) is 4.39. The van der Waals surface area contributed by atoms with Crippen molar-refractivity contribution >= 4 is 21.6 Å². The van der Waals surface area contributed by atoms with Crippen LogP contribution in [0.1, 0.15) is 29.7 Å². The topological polar surface area (TPSA) is 61.9 Å². The van der Waals surface area contributed by atoms with Crippen molar-refractivity contribution in [2.24, 2.45) is 0 Å². The van der Waals surface area contributed by atoms with Crippen LogP contribution in [0.3, 0.4) is 0 Å². The molecule has 1 atom stereocenters. The zero-order chi connectivity index (χ0) is 19.0. The Bertz CT molecular complexity index is 1140. The number of fused-ring (bicyclic) bond motifs is 1. The first-order chi connectivity index (χ1) is 13.1. The molecule has 0 bridgehead atoms. The van der Waals surface area contributed by atoms with Gasteiger partial charge in [0.15, 0.2) is 5.82 Å². The van der Waals surface area contributed by atoms with Crippen LogP contribution in [-0.2, 0) is 11.5 Å². The molecule has 1 aromatic carbocycles. The van der Waals surface area contributed by atoms with E-state index >= 15 is 0 Å². The van der Waals surface area contributed by atoms with Crippen LogP contribution in [0.5, 0.6) is 0 Å². The highest BCUT2D eigenvalue weighted by Crippen LogP contribution is 2.27. The van der Waals surface area contributed by atoms with Crippen molar-refractivity contribution in [1.29, 1.82) is 0 Å². The fourth-order valence-corrected chi connectivity index (χ4v) is 3.99. The Morgan fingerprint density at radius 2 is 2.07 bits per heavy atom. The summed E-state index contributed by atoms with van der Waals surface area (Å²) in [5, 5.41) is 4.69. The van der Waals surface area contributed by atoms with Crippen molar-refractivity contribution < 1.29 is 4.74 Å². The molecule has 0 fully saturated rings. The van der Waals surface area contributed by atoms with Gasteiger partial charge in [0.2, 0.25) is 0 Å². The predicted octanol–water partition coefficient (Wildman–Crippen LogP) is 3.71. The van der Waals surface area contributed by atoms with Gasteiger partial charge in [0.1, 0.15) is 6.73 Å². The van der Waals surface area contributed by atoms with E-state index in [2.05, 4.69) is 29.1 Å². The summed E-state index contributed by atoms with van der Waals surface area (Å²) < 4.78 is 9.52. The van der Waals surface area contributed by atoms with Gasteiger partial charge in [-0.25, -0.2) is 9.67 Å². The van der Waals surface area contributed by atoms with Crippen molar-refractivity contribution in [3.8, 4) is 5.82 Å². The van der Waals surface area contributed by atoms with Gasteiger partial charge >= 0.3 is 4.87 Å². The lowest BCUT2D eigenvalue weighted by atomic mass is 9.98. The molecule has 0 aliphatic rings. The summed E-state index contributed by atoms with van der Waals surface area (Å²) in [7, 11) is 1.59. The van der Waals surface area contributed by atoms with Crippen LogP contribution >= 0.6 is 11.3 Å². The largest absolute Gasteiger partial charge is 0.364 e. The molecule has 0 spiro atoms. The maximum atomic E-state index is 12.1. The molecule has 4 rings (SSSR count). The quantitative estimate of drug-likeness (QED) is 0.530. The summed E-state index contributed by atoms with van der Waals surface area (Å²) in [4.78, 5) is 16.6. The number of methoxy groups -OCH3 is 1. The standard InChI is InChI=1S/C20H20N4O2S/c1-13-4-7-19(21-11-13)24-9-8-16(22-24)14(2)15-5-6-17-18(10-15)27-20(25)23(17)12-26-3/h4-11,14H,12H2,1-3H3. The molecule has 0 aliphatic carbocycles. The summed E-state index contributed by atoms with van der Waals surface area (Å²) in [5.41, 5.74) is 4.10. The molecule has 27 heavy (non-hydrogen) atoms. The Hall–Kier alpha value is -2.77. The predicted molar refractivity (Wildman–Crippen MR) is 107 cm³/mol. The first-order valence-electron chi connectivity index (χ1n) is 8.67. The number of thiazole rings is 1. The number of aromatic nitrogens is 4. The lowest BCUT2D eigenvalue weighted by Gasteiger charge is -2.10. The van der Waals surface area contributed by atoms with Crippen LogP contribution in [0.4, 0.5) is 0 Å². The highest BCUT2D eigenvalue weighted by atomic mass is 32.1. The van der Waals surface area contributed by atoms with Crippen molar-refractivity contribution in [3.05, 3.63) is 75.3 Å². The summed E-state index contributed by atoms with van der Waals surface area (Å²) in [5.74, 6) is 0.901. The summed E-state index contributed by atoms with van der Waals surface area (Å²) in [6.07, 6.45) is 3.76. The van der Waals surface area contributed by atoms with Gasteiger partial charge in [-0.05, 0) is 42.3 Å².